The second-order valence-corrected chi connectivity index (χ2v) is 13.4. The molecule has 4 aliphatic carbocycles. The lowest BCUT2D eigenvalue weighted by Gasteiger charge is -2.57. The van der Waals surface area contributed by atoms with Gasteiger partial charge in [-0.25, -0.2) is 0 Å². The fraction of sp³-hybridized carbons (Fsp3) is 0.767. The molecule has 2 saturated carbocycles. The molecule has 204 valence electrons. The molecule has 7 heteroatoms. The highest BCUT2D eigenvalue weighted by molar-refractivity contribution is 6.04. The van der Waals surface area contributed by atoms with Gasteiger partial charge < -0.3 is 9.84 Å². The van der Waals surface area contributed by atoms with E-state index >= 15 is 0 Å². The van der Waals surface area contributed by atoms with Crippen molar-refractivity contribution in [1.82, 2.24) is 0 Å². The van der Waals surface area contributed by atoms with Crippen molar-refractivity contribution in [2.45, 2.75) is 92.6 Å². The van der Waals surface area contributed by atoms with Crippen molar-refractivity contribution in [1.29, 1.82) is 0 Å². The first kappa shape index (κ1) is 27.9. The zero-order chi connectivity index (χ0) is 27.7. The second kappa shape index (κ2) is 9.25. The Labute approximate surface area is 219 Å². The average molecular weight is 515 g/mol. The Morgan fingerprint density at radius 3 is 2.35 bits per heavy atom. The lowest BCUT2D eigenvalue weighted by molar-refractivity contribution is -0.146. The van der Waals surface area contributed by atoms with Gasteiger partial charge in [0.1, 0.15) is 17.3 Å². The number of aliphatic hydroxyl groups is 1. The summed E-state index contributed by atoms with van der Waals surface area (Å²) in [6.07, 6.45) is 1.15. The predicted octanol–water partition coefficient (Wildman–Crippen LogP) is 4.04. The number of esters is 1. The Morgan fingerprint density at radius 1 is 1.08 bits per heavy atom. The van der Waals surface area contributed by atoms with Gasteiger partial charge >= 0.3 is 5.97 Å². The van der Waals surface area contributed by atoms with E-state index in [-0.39, 0.29) is 66.6 Å². The summed E-state index contributed by atoms with van der Waals surface area (Å²) in [5.41, 5.74) is -0.678. The van der Waals surface area contributed by atoms with Crippen LogP contribution < -0.4 is 0 Å². The molecule has 0 amide bonds. The largest absolute Gasteiger partial charge is 0.469 e. The normalized spacial score (nSPS) is 38.4. The second-order valence-electron chi connectivity index (χ2n) is 13.4. The maximum Gasteiger partial charge on any atom is 0.308 e. The van der Waals surface area contributed by atoms with Crippen LogP contribution in [0.2, 0.25) is 0 Å². The van der Waals surface area contributed by atoms with Crippen LogP contribution in [-0.2, 0) is 28.7 Å². The fourth-order valence-corrected chi connectivity index (χ4v) is 8.78. The van der Waals surface area contributed by atoms with E-state index < -0.39 is 40.2 Å². The van der Waals surface area contributed by atoms with Crippen molar-refractivity contribution < 1.29 is 33.8 Å². The molecule has 0 aromatic heterocycles. The lowest BCUT2D eigenvalue weighted by atomic mass is 9.45. The molecule has 0 heterocycles. The van der Waals surface area contributed by atoms with Gasteiger partial charge in [0.25, 0.3) is 0 Å². The molecule has 4 aliphatic rings. The quantitative estimate of drug-likeness (QED) is 0.532. The molecule has 37 heavy (non-hydrogen) atoms. The summed E-state index contributed by atoms with van der Waals surface area (Å²) in [6, 6.07) is 0. The topological polar surface area (TPSA) is 115 Å². The number of methoxy groups -OCH3 is 1. The minimum Gasteiger partial charge on any atom is -0.469 e. The smallest absolute Gasteiger partial charge is 0.308 e. The van der Waals surface area contributed by atoms with E-state index in [1.807, 2.05) is 34.6 Å². The Kier molecular flexibility index (Phi) is 6.97. The van der Waals surface area contributed by atoms with Gasteiger partial charge in [-0.3, -0.25) is 24.0 Å². The van der Waals surface area contributed by atoms with Crippen LogP contribution in [0.5, 0.6) is 0 Å². The Bertz CT molecular complexity index is 1080. The number of hydrogen-bond donors (Lipinski definition) is 1. The van der Waals surface area contributed by atoms with Gasteiger partial charge in [-0.2, -0.15) is 0 Å². The van der Waals surface area contributed by atoms with Crippen molar-refractivity contribution in [2.24, 2.45) is 45.8 Å². The molecule has 0 saturated heterocycles. The van der Waals surface area contributed by atoms with Crippen LogP contribution in [-0.4, -0.2) is 47.4 Å². The fourth-order valence-electron chi connectivity index (χ4n) is 8.78. The standard InChI is InChI=1S/C30H42O7/c1-15(10-17(31)11-16(2)27(36)37-7)18-12-20(33)25-24-19(32)13-22-28(3,4)23(35)8-9-29(22,5)26(24)21(34)14-30(18,25)6/h15-16,18-19,22,25,32H,8-14H2,1-7H3/t15-,16-,18-,19+,22+,25+,29+,30-/m1/s1. The molecule has 4 rings (SSSR count). The van der Waals surface area contributed by atoms with Crippen LogP contribution in [0.3, 0.4) is 0 Å². The van der Waals surface area contributed by atoms with Crippen molar-refractivity contribution in [3.8, 4) is 0 Å². The molecule has 1 N–H and O–H groups in total. The summed E-state index contributed by atoms with van der Waals surface area (Å²) in [6.45, 7) is 11.5. The third-order valence-corrected chi connectivity index (χ3v) is 10.7. The SMILES string of the molecule is COC(=O)[C@H](C)CC(=O)C[C@@H](C)[C@H]1CC(=O)[C@H]2C3=C(C(=O)C[C@@]21C)[C@@]1(C)CCC(=O)C(C)(C)[C@@H]1C[C@@H]3O. The first-order chi connectivity index (χ1) is 17.1. The summed E-state index contributed by atoms with van der Waals surface area (Å²) in [7, 11) is 1.30. The van der Waals surface area contributed by atoms with E-state index in [4.69, 9.17) is 4.74 Å². The van der Waals surface area contributed by atoms with Gasteiger partial charge in [-0.05, 0) is 41.6 Å². The van der Waals surface area contributed by atoms with E-state index in [0.717, 1.165) is 0 Å². The van der Waals surface area contributed by atoms with Crippen LogP contribution >= 0.6 is 0 Å². The zero-order valence-corrected chi connectivity index (χ0v) is 23.3. The minimum absolute atomic E-state index is 0.0253. The maximum absolute atomic E-state index is 13.9. The van der Waals surface area contributed by atoms with Gasteiger partial charge in [-0.1, -0.05) is 41.5 Å². The highest BCUT2D eigenvalue weighted by atomic mass is 16.5. The third-order valence-electron chi connectivity index (χ3n) is 10.7. The lowest BCUT2D eigenvalue weighted by Crippen LogP contribution is -2.57. The molecule has 7 nitrogen and oxygen atoms in total. The molecular formula is C30H42O7. The molecule has 0 radical (unpaired) electrons. The number of ketones is 4. The number of ether oxygens (including phenoxy) is 1. The number of aliphatic hydroxyl groups excluding tert-OH is 1. The molecule has 2 fully saturated rings. The average Bonchev–Trinajstić information content (AvgIpc) is 3.07. The summed E-state index contributed by atoms with van der Waals surface area (Å²) in [5.74, 6) is -1.89. The Balaban J connectivity index is 1.66. The van der Waals surface area contributed by atoms with Crippen molar-refractivity contribution in [2.75, 3.05) is 7.11 Å². The first-order valence-electron chi connectivity index (χ1n) is 13.7. The third kappa shape index (κ3) is 4.16. The van der Waals surface area contributed by atoms with E-state index in [0.29, 0.717) is 30.4 Å². The van der Waals surface area contributed by atoms with E-state index in [2.05, 4.69) is 0 Å². The molecule has 8 atom stereocenters. The van der Waals surface area contributed by atoms with Crippen LogP contribution in [0.1, 0.15) is 86.5 Å². The monoisotopic (exact) mass is 514 g/mol. The first-order valence-corrected chi connectivity index (χ1v) is 13.7. The van der Waals surface area contributed by atoms with E-state index in [1.54, 1.807) is 6.92 Å². The molecule has 0 spiro atoms. The maximum atomic E-state index is 13.9. The molecule has 0 aliphatic heterocycles. The van der Waals surface area contributed by atoms with Gasteiger partial charge in [0.05, 0.1) is 19.1 Å². The summed E-state index contributed by atoms with van der Waals surface area (Å²) in [4.78, 5) is 64.9. The number of hydrogen-bond acceptors (Lipinski definition) is 7. The minimum atomic E-state index is -0.938. The highest BCUT2D eigenvalue weighted by Gasteiger charge is 2.65. The molecule has 0 bridgehead atoms. The van der Waals surface area contributed by atoms with Gasteiger partial charge in [0, 0.05) is 54.4 Å². The molecule has 0 unspecified atom stereocenters. The summed E-state index contributed by atoms with van der Waals surface area (Å²) in [5, 5.41) is 11.4. The predicted molar refractivity (Wildman–Crippen MR) is 136 cm³/mol. The summed E-state index contributed by atoms with van der Waals surface area (Å²) < 4.78 is 4.73. The Morgan fingerprint density at radius 2 is 1.73 bits per heavy atom. The number of carbonyl (C=O) groups is 5. The van der Waals surface area contributed by atoms with Crippen LogP contribution in [0.25, 0.3) is 0 Å². The van der Waals surface area contributed by atoms with Crippen LogP contribution in [0.15, 0.2) is 11.1 Å². The summed E-state index contributed by atoms with van der Waals surface area (Å²) >= 11 is 0. The van der Waals surface area contributed by atoms with Crippen LogP contribution in [0, 0.1) is 45.8 Å². The Hall–Kier alpha value is -2.15. The van der Waals surface area contributed by atoms with Gasteiger partial charge in [0.2, 0.25) is 0 Å². The highest BCUT2D eigenvalue weighted by Crippen LogP contribution is 2.66. The number of Topliss-reactive ketones (excluding diaryl/α,β-unsaturated/α-hetero) is 4. The van der Waals surface area contributed by atoms with Crippen molar-refractivity contribution >= 4 is 29.1 Å². The van der Waals surface area contributed by atoms with E-state index in [9.17, 15) is 29.1 Å². The van der Waals surface area contributed by atoms with Crippen LogP contribution in [0.4, 0.5) is 0 Å². The molecular weight excluding hydrogens is 472 g/mol. The molecule has 0 aromatic carbocycles. The zero-order valence-electron chi connectivity index (χ0n) is 23.3. The molecule has 0 aromatic rings. The number of allylic oxidation sites excluding steroid dienone is 1. The number of fused-ring (bicyclic) bond motifs is 4. The van der Waals surface area contributed by atoms with Crippen molar-refractivity contribution in [3.05, 3.63) is 11.1 Å². The number of carbonyl (C=O) groups excluding carboxylic acids is 5. The van der Waals surface area contributed by atoms with Gasteiger partial charge in [-0.15, -0.1) is 0 Å². The van der Waals surface area contributed by atoms with E-state index in [1.165, 1.54) is 7.11 Å². The number of rotatable bonds is 6. The van der Waals surface area contributed by atoms with Crippen molar-refractivity contribution in [3.63, 3.8) is 0 Å². The van der Waals surface area contributed by atoms with Gasteiger partial charge in [0.15, 0.2) is 5.78 Å².